The van der Waals surface area contributed by atoms with Gasteiger partial charge >= 0.3 is 0 Å². The summed E-state index contributed by atoms with van der Waals surface area (Å²) in [6.45, 7) is 4.73. The summed E-state index contributed by atoms with van der Waals surface area (Å²) in [4.78, 5) is 8.01. The molecule has 0 spiro atoms. The first-order valence-corrected chi connectivity index (χ1v) is 3.53. The van der Waals surface area contributed by atoms with Crippen molar-refractivity contribution in [1.29, 1.82) is 0 Å². The first kappa shape index (κ1) is 7.85. The molecule has 0 aliphatic carbocycles. The molecule has 1 aliphatic heterocycles. The van der Waals surface area contributed by atoms with Gasteiger partial charge in [-0.15, -0.1) is 0 Å². The quantitative estimate of drug-likeness (QED) is 0.511. The van der Waals surface area contributed by atoms with Crippen LogP contribution >= 0.6 is 0 Å². The molecular weight excluding hydrogens is 138 g/mol. The minimum atomic E-state index is 0.813. The topological polar surface area (TPSA) is 18.8 Å². The van der Waals surface area contributed by atoms with Gasteiger partial charge in [0.05, 0.1) is 6.54 Å². The number of rotatable bonds is 0. The van der Waals surface area contributed by atoms with Crippen LogP contribution in [0.5, 0.6) is 0 Å². The Labute approximate surface area is 67.3 Å². The predicted molar refractivity (Wildman–Crippen MR) is 47.2 cm³/mol. The average Bonchev–Trinajstić information content (AvgIpc) is 2.00. The highest BCUT2D eigenvalue weighted by Gasteiger charge is 2.04. The van der Waals surface area contributed by atoms with E-state index in [9.17, 15) is 0 Å². The van der Waals surface area contributed by atoms with Crippen LogP contribution in [0.15, 0.2) is 29.8 Å². The van der Waals surface area contributed by atoms with Crippen molar-refractivity contribution in [2.45, 2.75) is 0 Å². The minimum absolute atomic E-state index is 0.813. The van der Waals surface area contributed by atoms with Crippen LogP contribution in [0, 0.1) is 0 Å². The Bertz CT molecular complexity index is 205. The molecule has 3 heteroatoms. The molecule has 0 aromatic carbocycles. The highest BCUT2D eigenvalue weighted by molar-refractivity contribution is 5.61. The molecule has 0 N–H and O–H groups in total. The number of hydrogen-bond acceptors (Lipinski definition) is 3. The normalized spacial score (nSPS) is 21.5. The van der Waals surface area contributed by atoms with E-state index in [1.807, 2.05) is 36.3 Å². The molecule has 0 atom stereocenters. The van der Waals surface area contributed by atoms with Crippen molar-refractivity contribution in [2.75, 3.05) is 20.6 Å². The van der Waals surface area contributed by atoms with Gasteiger partial charge in [-0.2, -0.15) is 0 Å². The minimum Gasteiger partial charge on any atom is -0.356 e. The van der Waals surface area contributed by atoms with E-state index in [2.05, 4.69) is 11.6 Å². The lowest BCUT2D eigenvalue weighted by Crippen LogP contribution is -2.28. The molecule has 60 valence electrons. The first-order valence-electron chi connectivity index (χ1n) is 3.53. The monoisotopic (exact) mass is 151 g/mol. The maximum atomic E-state index is 4.04. The smallest absolute Gasteiger partial charge is 0.100 e. The van der Waals surface area contributed by atoms with Gasteiger partial charge < -0.3 is 9.80 Å². The first-order chi connectivity index (χ1) is 5.22. The molecule has 0 aromatic heterocycles. The lowest BCUT2D eigenvalue weighted by atomic mass is 10.5. The van der Waals surface area contributed by atoms with Gasteiger partial charge in [0.15, 0.2) is 0 Å². The Hall–Kier alpha value is -1.25. The Kier molecular flexibility index (Phi) is 2.31. The van der Waals surface area contributed by atoms with Crippen LogP contribution in [0.25, 0.3) is 0 Å². The van der Waals surface area contributed by atoms with E-state index in [-0.39, 0.29) is 0 Å². The van der Waals surface area contributed by atoms with Crippen LogP contribution in [0.3, 0.4) is 0 Å². The van der Waals surface area contributed by atoms with Gasteiger partial charge in [-0.05, 0) is 0 Å². The number of nitrogens with zero attached hydrogens (tertiary/aromatic N) is 3. The molecular formula is C8H13N3. The van der Waals surface area contributed by atoms with Crippen molar-refractivity contribution in [2.24, 2.45) is 4.99 Å². The Morgan fingerprint density at radius 1 is 1.55 bits per heavy atom. The summed E-state index contributed by atoms with van der Waals surface area (Å²) < 4.78 is 0. The molecule has 1 heterocycles. The van der Waals surface area contributed by atoms with Gasteiger partial charge in [-0.1, -0.05) is 6.58 Å². The van der Waals surface area contributed by atoms with Crippen molar-refractivity contribution in [3.63, 3.8) is 0 Å². The zero-order valence-corrected chi connectivity index (χ0v) is 6.99. The molecule has 0 bridgehead atoms. The van der Waals surface area contributed by atoms with Gasteiger partial charge in [0.25, 0.3) is 0 Å². The van der Waals surface area contributed by atoms with Gasteiger partial charge in [0.2, 0.25) is 0 Å². The average molecular weight is 151 g/mol. The van der Waals surface area contributed by atoms with Crippen molar-refractivity contribution < 1.29 is 0 Å². The van der Waals surface area contributed by atoms with Gasteiger partial charge in [-0.3, -0.25) is 4.99 Å². The molecule has 11 heavy (non-hydrogen) atoms. The zero-order valence-electron chi connectivity index (χ0n) is 6.99. The van der Waals surface area contributed by atoms with Crippen molar-refractivity contribution in [3.05, 3.63) is 24.8 Å². The number of aliphatic imine (C=N–C) groups is 1. The molecule has 0 amide bonds. The summed E-state index contributed by atoms with van der Waals surface area (Å²) in [5, 5.41) is 0. The molecule has 0 saturated heterocycles. The molecule has 0 radical (unpaired) electrons. The van der Waals surface area contributed by atoms with Crippen LogP contribution in [-0.4, -0.2) is 36.7 Å². The summed E-state index contributed by atoms with van der Waals surface area (Å²) in [5.41, 5.74) is 0. The van der Waals surface area contributed by atoms with Crippen LogP contribution in [0.2, 0.25) is 0 Å². The van der Waals surface area contributed by atoms with Crippen molar-refractivity contribution in [1.82, 2.24) is 9.80 Å². The molecule has 3 nitrogen and oxygen atoms in total. The second kappa shape index (κ2) is 3.23. The summed E-state index contributed by atoms with van der Waals surface area (Å²) in [7, 11) is 3.94. The van der Waals surface area contributed by atoms with Gasteiger partial charge in [0.1, 0.15) is 5.82 Å². The van der Waals surface area contributed by atoms with E-state index in [4.69, 9.17) is 0 Å². The van der Waals surface area contributed by atoms with Gasteiger partial charge in [0, 0.05) is 32.7 Å². The Morgan fingerprint density at radius 2 is 2.27 bits per heavy atom. The SMILES string of the molecule is C=C1N(C)/C=C\N=CCN1C. The Balaban J connectivity index is 2.75. The largest absolute Gasteiger partial charge is 0.356 e. The van der Waals surface area contributed by atoms with E-state index in [1.54, 1.807) is 6.20 Å². The third-order valence-corrected chi connectivity index (χ3v) is 1.69. The predicted octanol–water partition coefficient (Wildman–Crippen LogP) is 0.877. The second-order valence-corrected chi connectivity index (χ2v) is 2.54. The Morgan fingerprint density at radius 3 is 3.00 bits per heavy atom. The second-order valence-electron chi connectivity index (χ2n) is 2.54. The fourth-order valence-electron chi connectivity index (χ4n) is 0.830. The van der Waals surface area contributed by atoms with Crippen LogP contribution in [0.1, 0.15) is 0 Å². The molecule has 1 rings (SSSR count). The van der Waals surface area contributed by atoms with Crippen LogP contribution in [0.4, 0.5) is 0 Å². The van der Waals surface area contributed by atoms with E-state index < -0.39 is 0 Å². The zero-order chi connectivity index (χ0) is 8.27. The highest BCUT2D eigenvalue weighted by Crippen LogP contribution is 2.04. The van der Waals surface area contributed by atoms with Crippen molar-refractivity contribution in [3.8, 4) is 0 Å². The third kappa shape index (κ3) is 1.83. The fraction of sp³-hybridized carbons (Fsp3) is 0.375. The maximum Gasteiger partial charge on any atom is 0.100 e. The molecule has 0 fully saturated rings. The fourth-order valence-corrected chi connectivity index (χ4v) is 0.830. The summed E-state index contributed by atoms with van der Waals surface area (Å²) in [6.07, 6.45) is 5.50. The number of hydrogen-bond donors (Lipinski definition) is 0. The molecule has 1 aliphatic rings. The van der Waals surface area contributed by atoms with Gasteiger partial charge in [-0.25, -0.2) is 0 Å². The van der Waals surface area contributed by atoms with Crippen LogP contribution < -0.4 is 0 Å². The maximum absolute atomic E-state index is 4.04. The standard InChI is InChI=1S/C8H13N3/c1-8-10(2)6-4-9-5-7-11(8)3/h4-6H,1,7H2,2-3H3/b6-4-,9-5?. The van der Waals surface area contributed by atoms with E-state index in [0.29, 0.717) is 0 Å². The lowest BCUT2D eigenvalue weighted by molar-refractivity contribution is 0.351. The molecule has 0 unspecified atom stereocenters. The molecule has 0 saturated carbocycles. The van der Waals surface area contributed by atoms with E-state index >= 15 is 0 Å². The summed E-state index contributed by atoms with van der Waals surface area (Å²) in [5.74, 6) is 0.979. The van der Waals surface area contributed by atoms with Crippen molar-refractivity contribution >= 4 is 6.21 Å². The summed E-state index contributed by atoms with van der Waals surface area (Å²) in [6, 6.07) is 0. The molecule has 0 aromatic rings. The van der Waals surface area contributed by atoms with Crippen LogP contribution in [-0.2, 0) is 0 Å². The summed E-state index contributed by atoms with van der Waals surface area (Å²) >= 11 is 0. The van der Waals surface area contributed by atoms with E-state index in [0.717, 1.165) is 12.4 Å². The lowest BCUT2D eigenvalue weighted by Gasteiger charge is -2.27. The highest BCUT2D eigenvalue weighted by atomic mass is 15.3. The van der Waals surface area contributed by atoms with E-state index in [1.165, 1.54) is 0 Å². The third-order valence-electron chi connectivity index (χ3n) is 1.69.